The number of aromatic nitrogens is 1. The molecular formula is C32H29ClN2O5S. The van der Waals surface area contributed by atoms with Crippen LogP contribution in [-0.2, 0) is 16.0 Å². The molecule has 1 N–H and O–H groups in total. The van der Waals surface area contributed by atoms with Crippen LogP contribution in [0.4, 0.5) is 5.13 Å². The summed E-state index contributed by atoms with van der Waals surface area (Å²) in [6.45, 7) is 4.67. The fraction of sp³-hybridized carbons (Fsp3) is 0.281. The number of carbonyl (C=O) groups excluding carboxylic acids is 2. The quantitative estimate of drug-likeness (QED) is 0.0994. The highest BCUT2D eigenvalue weighted by Gasteiger charge is 2.48. The van der Waals surface area contributed by atoms with E-state index in [2.05, 4.69) is 11.9 Å². The summed E-state index contributed by atoms with van der Waals surface area (Å²) >= 11 is 7.47. The van der Waals surface area contributed by atoms with Gasteiger partial charge in [-0.15, -0.1) is 0 Å². The summed E-state index contributed by atoms with van der Waals surface area (Å²) in [5.74, 6) is -0.383. The number of ketones is 1. The molecule has 0 bridgehead atoms. The van der Waals surface area contributed by atoms with Crippen LogP contribution in [0.25, 0.3) is 16.0 Å². The van der Waals surface area contributed by atoms with Gasteiger partial charge >= 0.3 is 5.91 Å². The van der Waals surface area contributed by atoms with Crippen molar-refractivity contribution >= 4 is 55.7 Å². The van der Waals surface area contributed by atoms with Crippen LogP contribution in [0.2, 0.25) is 5.02 Å². The number of fused-ring (bicyclic) bond motifs is 2. The third-order valence-electron chi connectivity index (χ3n) is 7.35. The Balaban J connectivity index is 1.47. The number of halogens is 1. The Kier molecular flexibility index (Phi) is 7.45. The molecule has 1 fully saturated rings. The minimum absolute atomic E-state index is 0.00216. The zero-order valence-corrected chi connectivity index (χ0v) is 24.3. The van der Waals surface area contributed by atoms with Crippen LogP contribution in [0.3, 0.4) is 0 Å². The lowest BCUT2D eigenvalue weighted by Crippen LogP contribution is -2.29. The van der Waals surface area contributed by atoms with Gasteiger partial charge in [-0.2, -0.15) is 0 Å². The van der Waals surface area contributed by atoms with Crippen LogP contribution in [0, 0.1) is 0 Å². The van der Waals surface area contributed by atoms with Gasteiger partial charge in [0.1, 0.15) is 23.4 Å². The molecule has 0 saturated carbocycles. The van der Waals surface area contributed by atoms with Crippen molar-refractivity contribution in [1.82, 2.24) is 4.98 Å². The molecule has 1 aromatic heterocycles. The Morgan fingerprint density at radius 1 is 1.15 bits per heavy atom. The molecule has 3 aromatic carbocycles. The van der Waals surface area contributed by atoms with E-state index in [1.165, 1.54) is 16.2 Å². The number of amides is 1. The molecule has 0 unspecified atom stereocenters. The zero-order valence-electron chi connectivity index (χ0n) is 22.7. The van der Waals surface area contributed by atoms with Gasteiger partial charge in [-0.1, -0.05) is 54.8 Å². The maximum absolute atomic E-state index is 13.7. The highest BCUT2D eigenvalue weighted by atomic mass is 35.5. The van der Waals surface area contributed by atoms with Crippen LogP contribution in [0.5, 0.6) is 11.5 Å². The Bertz CT molecular complexity index is 1700. The normalized spacial score (nSPS) is 19.5. The molecule has 210 valence electrons. The first-order chi connectivity index (χ1) is 19.8. The van der Waals surface area contributed by atoms with Gasteiger partial charge in [0.15, 0.2) is 5.13 Å². The highest BCUT2D eigenvalue weighted by Crippen LogP contribution is 2.45. The van der Waals surface area contributed by atoms with E-state index >= 15 is 0 Å². The summed E-state index contributed by atoms with van der Waals surface area (Å²) in [5, 5.41) is 12.5. The monoisotopic (exact) mass is 588 g/mol. The number of unbranched alkanes of at least 4 members (excludes halogenated alkanes) is 2. The Hall–Kier alpha value is -3.88. The number of thiazole rings is 1. The van der Waals surface area contributed by atoms with Crippen LogP contribution >= 0.6 is 22.9 Å². The van der Waals surface area contributed by atoms with E-state index in [-0.39, 0.29) is 17.4 Å². The standard InChI is InChI=1S/C32H29ClN2O5S/c1-3-4-5-13-39-23-8-6-7-19(16-23)28-27(29(36)20-9-12-25-21(15-20)14-18(2)40-25)30(37)31(38)35(28)32-34-24-11-10-22(33)17-26(24)41-32/h6-12,15-18,28,36H,3-5,13-14H2,1-2H3/t18-,28+/m1/s1. The molecule has 0 spiro atoms. The number of Topliss-reactive ketones (excluding diaryl/α,β-unsaturated/α-hetero) is 1. The van der Waals surface area contributed by atoms with E-state index in [4.69, 9.17) is 21.1 Å². The molecule has 4 aromatic rings. The fourth-order valence-electron chi connectivity index (χ4n) is 5.38. The number of carbonyl (C=O) groups is 2. The average Bonchev–Trinajstić information content (AvgIpc) is 3.62. The van der Waals surface area contributed by atoms with Gasteiger partial charge in [0.25, 0.3) is 5.78 Å². The van der Waals surface area contributed by atoms with Gasteiger partial charge in [-0.25, -0.2) is 4.98 Å². The molecule has 3 heterocycles. The van der Waals surface area contributed by atoms with Crippen molar-refractivity contribution in [2.24, 2.45) is 0 Å². The van der Waals surface area contributed by atoms with Crippen molar-refractivity contribution in [3.05, 3.63) is 87.9 Å². The molecule has 2 aliphatic rings. The minimum atomic E-state index is -0.909. The number of rotatable bonds is 8. The van der Waals surface area contributed by atoms with Gasteiger partial charge in [-0.05, 0) is 73.0 Å². The maximum atomic E-state index is 13.7. The smallest absolute Gasteiger partial charge is 0.301 e. The van der Waals surface area contributed by atoms with Crippen LogP contribution < -0.4 is 14.4 Å². The van der Waals surface area contributed by atoms with Crippen molar-refractivity contribution in [2.75, 3.05) is 11.5 Å². The summed E-state index contributed by atoms with van der Waals surface area (Å²) in [4.78, 5) is 33.4. The third kappa shape index (κ3) is 5.18. The number of aliphatic hydroxyl groups excluding tert-OH is 1. The molecule has 2 aliphatic heterocycles. The lowest BCUT2D eigenvalue weighted by atomic mass is 9.94. The number of benzene rings is 3. The van der Waals surface area contributed by atoms with Crippen molar-refractivity contribution in [1.29, 1.82) is 0 Å². The fourth-order valence-corrected chi connectivity index (χ4v) is 6.64. The number of hydrogen-bond acceptors (Lipinski definition) is 7. The highest BCUT2D eigenvalue weighted by molar-refractivity contribution is 7.22. The van der Waals surface area contributed by atoms with E-state index in [1.54, 1.807) is 30.3 Å². The predicted octanol–water partition coefficient (Wildman–Crippen LogP) is 7.47. The number of nitrogens with zero attached hydrogens (tertiary/aromatic N) is 2. The van der Waals surface area contributed by atoms with Crippen LogP contribution in [0.15, 0.2) is 66.2 Å². The molecule has 1 saturated heterocycles. The second-order valence-corrected chi connectivity index (χ2v) is 11.8. The van der Waals surface area contributed by atoms with E-state index in [0.29, 0.717) is 45.6 Å². The molecule has 6 rings (SSSR count). The van der Waals surface area contributed by atoms with E-state index in [1.807, 2.05) is 37.3 Å². The molecule has 7 nitrogen and oxygen atoms in total. The average molecular weight is 589 g/mol. The van der Waals surface area contributed by atoms with E-state index in [9.17, 15) is 14.7 Å². The van der Waals surface area contributed by atoms with E-state index in [0.717, 1.165) is 35.3 Å². The second-order valence-electron chi connectivity index (χ2n) is 10.4. The molecule has 1 amide bonds. The number of hydrogen-bond donors (Lipinski definition) is 1. The lowest BCUT2D eigenvalue weighted by molar-refractivity contribution is -0.132. The van der Waals surface area contributed by atoms with Gasteiger partial charge in [-0.3, -0.25) is 14.5 Å². The molecule has 0 radical (unpaired) electrons. The topological polar surface area (TPSA) is 89.0 Å². The number of anilines is 1. The first-order valence-corrected chi connectivity index (χ1v) is 14.9. The predicted molar refractivity (Wildman–Crippen MR) is 161 cm³/mol. The Morgan fingerprint density at radius 3 is 2.83 bits per heavy atom. The summed E-state index contributed by atoms with van der Waals surface area (Å²) in [7, 11) is 0. The SMILES string of the molecule is CCCCCOc1cccc([C@H]2C(=C(O)c3ccc4c(c3)C[C@@H](C)O4)C(=O)C(=O)N2c2nc3ccc(Cl)cc3s2)c1. The van der Waals surface area contributed by atoms with Crippen molar-refractivity contribution < 1.29 is 24.2 Å². The van der Waals surface area contributed by atoms with Crippen LogP contribution in [0.1, 0.15) is 55.8 Å². The third-order valence-corrected chi connectivity index (χ3v) is 8.60. The molecule has 41 heavy (non-hydrogen) atoms. The van der Waals surface area contributed by atoms with Crippen molar-refractivity contribution in [2.45, 2.75) is 51.7 Å². The molecule has 9 heteroatoms. The van der Waals surface area contributed by atoms with Gasteiger partial charge in [0.05, 0.1) is 28.4 Å². The largest absolute Gasteiger partial charge is 0.507 e. The van der Waals surface area contributed by atoms with Crippen LogP contribution in [-0.4, -0.2) is 34.5 Å². The van der Waals surface area contributed by atoms with E-state index < -0.39 is 17.7 Å². The number of aliphatic hydroxyl groups is 1. The molecule has 0 aliphatic carbocycles. The Morgan fingerprint density at radius 2 is 2.00 bits per heavy atom. The lowest BCUT2D eigenvalue weighted by Gasteiger charge is -2.23. The zero-order chi connectivity index (χ0) is 28.7. The summed E-state index contributed by atoms with van der Waals surface area (Å²) in [6.07, 6.45) is 3.79. The first-order valence-electron chi connectivity index (χ1n) is 13.7. The first kappa shape index (κ1) is 27.3. The Labute approximate surface area is 247 Å². The van der Waals surface area contributed by atoms with Gasteiger partial charge in [0.2, 0.25) is 0 Å². The summed E-state index contributed by atoms with van der Waals surface area (Å²) in [6, 6.07) is 17.0. The minimum Gasteiger partial charge on any atom is -0.507 e. The molecule has 2 atom stereocenters. The maximum Gasteiger partial charge on any atom is 0.301 e. The second kappa shape index (κ2) is 11.2. The number of ether oxygens (including phenoxy) is 2. The molecular weight excluding hydrogens is 560 g/mol. The van der Waals surface area contributed by atoms with Crippen molar-refractivity contribution in [3.63, 3.8) is 0 Å². The van der Waals surface area contributed by atoms with Gasteiger partial charge in [0, 0.05) is 17.0 Å². The summed E-state index contributed by atoms with van der Waals surface area (Å²) < 4.78 is 12.6. The van der Waals surface area contributed by atoms with Crippen molar-refractivity contribution in [3.8, 4) is 11.5 Å². The van der Waals surface area contributed by atoms with Gasteiger partial charge < -0.3 is 14.6 Å². The summed E-state index contributed by atoms with van der Waals surface area (Å²) in [5.41, 5.74) is 2.69.